The minimum absolute atomic E-state index is 0.0278. The molecule has 118 valence electrons. The van der Waals surface area contributed by atoms with Crippen molar-refractivity contribution in [2.75, 3.05) is 47.0 Å². The molecular formula is C16H26N2O3. The summed E-state index contributed by atoms with van der Waals surface area (Å²) in [7, 11) is 4.07. The van der Waals surface area contributed by atoms with Gasteiger partial charge in [-0.2, -0.15) is 0 Å². The van der Waals surface area contributed by atoms with Crippen molar-refractivity contribution in [3.63, 3.8) is 0 Å². The predicted molar refractivity (Wildman–Crippen MR) is 83.0 cm³/mol. The molecule has 5 heteroatoms. The summed E-state index contributed by atoms with van der Waals surface area (Å²) in [4.78, 5) is 2.11. The van der Waals surface area contributed by atoms with Gasteiger partial charge in [-0.05, 0) is 38.7 Å². The number of nitrogens with one attached hydrogen (secondary N) is 1. The Hall–Kier alpha value is -1.30. The molecule has 0 aliphatic carbocycles. The van der Waals surface area contributed by atoms with Crippen LogP contribution in [0.1, 0.15) is 18.9 Å². The number of aliphatic hydroxyl groups excluding tert-OH is 1. The zero-order valence-electron chi connectivity index (χ0n) is 13.2. The fourth-order valence-corrected chi connectivity index (χ4v) is 2.31. The molecule has 1 atom stereocenters. The maximum absolute atomic E-state index is 9.82. The van der Waals surface area contributed by atoms with Crippen molar-refractivity contribution in [3.05, 3.63) is 23.8 Å². The van der Waals surface area contributed by atoms with Gasteiger partial charge in [0.05, 0.1) is 25.4 Å². The van der Waals surface area contributed by atoms with Gasteiger partial charge in [0.1, 0.15) is 0 Å². The van der Waals surface area contributed by atoms with Crippen molar-refractivity contribution in [3.8, 4) is 11.5 Å². The van der Waals surface area contributed by atoms with Crippen molar-refractivity contribution < 1.29 is 14.6 Å². The molecule has 1 aliphatic rings. The maximum Gasteiger partial charge on any atom is 0.161 e. The first-order valence-corrected chi connectivity index (χ1v) is 7.46. The molecule has 1 aromatic carbocycles. The van der Waals surface area contributed by atoms with Crippen molar-refractivity contribution in [1.29, 1.82) is 0 Å². The minimum Gasteiger partial charge on any atom is -0.490 e. The summed E-state index contributed by atoms with van der Waals surface area (Å²) >= 11 is 0. The Labute approximate surface area is 126 Å². The SMILES string of the molecule is CN(C)CCNC(C)(CO)c1ccc2c(c1)OCCCO2. The number of rotatable bonds is 6. The Morgan fingerprint density at radius 1 is 1.24 bits per heavy atom. The Morgan fingerprint density at radius 2 is 1.95 bits per heavy atom. The number of ether oxygens (including phenoxy) is 2. The van der Waals surface area contributed by atoms with Gasteiger partial charge < -0.3 is 24.8 Å². The van der Waals surface area contributed by atoms with Gasteiger partial charge >= 0.3 is 0 Å². The molecule has 1 heterocycles. The molecule has 0 radical (unpaired) electrons. The van der Waals surface area contributed by atoms with Crippen LogP contribution in [-0.4, -0.2) is 57.0 Å². The Bertz CT molecular complexity index is 465. The van der Waals surface area contributed by atoms with E-state index in [4.69, 9.17) is 9.47 Å². The highest BCUT2D eigenvalue weighted by atomic mass is 16.5. The van der Waals surface area contributed by atoms with E-state index in [1.165, 1.54) is 0 Å². The van der Waals surface area contributed by atoms with Crippen LogP contribution in [0.4, 0.5) is 0 Å². The van der Waals surface area contributed by atoms with Crippen molar-refractivity contribution >= 4 is 0 Å². The van der Waals surface area contributed by atoms with Crippen LogP contribution in [0.5, 0.6) is 11.5 Å². The van der Waals surface area contributed by atoms with Gasteiger partial charge in [-0.25, -0.2) is 0 Å². The first-order chi connectivity index (χ1) is 10.0. The van der Waals surface area contributed by atoms with Crippen molar-refractivity contribution in [1.82, 2.24) is 10.2 Å². The van der Waals surface area contributed by atoms with Crippen LogP contribution in [0, 0.1) is 0 Å². The van der Waals surface area contributed by atoms with Gasteiger partial charge in [0.2, 0.25) is 0 Å². The van der Waals surface area contributed by atoms with E-state index in [0.717, 1.165) is 36.6 Å². The van der Waals surface area contributed by atoms with Crippen LogP contribution >= 0.6 is 0 Å². The number of aliphatic hydroxyl groups is 1. The topological polar surface area (TPSA) is 54.0 Å². The van der Waals surface area contributed by atoms with Gasteiger partial charge in [-0.15, -0.1) is 0 Å². The first-order valence-electron chi connectivity index (χ1n) is 7.46. The second kappa shape index (κ2) is 7.11. The largest absolute Gasteiger partial charge is 0.490 e. The van der Waals surface area contributed by atoms with Gasteiger partial charge in [0, 0.05) is 19.5 Å². The number of likely N-dealkylation sites (N-methyl/N-ethyl adjacent to an activating group) is 1. The summed E-state index contributed by atoms with van der Waals surface area (Å²) in [5.41, 5.74) is 0.522. The number of hydrogen-bond acceptors (Lipinski definition) is 5. The third kappa shape index (κ3) is 4.09. The van der Waals surface area contributed by atoms with Crippen LogP contribution in [0.15, 0.2) is 18.2 Å². The molecule has 0 spiro atoms. The fraction of sp³-hybridized carbons (Fsp3) is 0.625. The average molecular weight is 294 g/mol. The molecule has 1 aliphatic heterocycles. The molecule has 0 bridgehead atoms. The van der Waals surface area contributed by atoms with E-state index >= 15 is 0 Å². The molecule has 0 saturated heterocycles. The van der Waals surface area contributed by atoms with Crippen LogP contribution in [0.25, 0.3) is 0 Å². The number of nitrogens with zero attached hydrogens (tertiary/aromatic N) is 1. The monoisotopic (exact) mass is 294 g/mol. The smallest absolute Gasteiger partial charge is 0.161 e. The summed E-state index contributed by atoms with van der Waals surface area (Å²) < 4.78 is 11.4. The molecular weight excluding hydrogens is 268 g/mol. The Balaban J connectivity index is 2.15. The van der Waals surface area contributed by atoms with E-state index in [-0.39, 0.29) is 6.61 Å². The molecule has 2 N–H and O–H groups in total. The summed E-state index contributed by atoms with van der Waals surface area (Å²) in [5, 5.41) is 13.2. The molecule has 1 aromatic rings. The standard InChI is InChI=1S/C16H26N2O3/c1-16(12-19,17-7-8-18(2)3)13-5-6-14-15(11-13)21-10-4-9-20-14/h5-6,11,17,19H,4,7-10,12H2,1-3H3. The van der Waals surface area contributed by atoms with Gasteiger partial charge in [-0.3, -0.25) is 0 Å². The third-order valence-corrected chi connectivity index (χ3v) is 3.78. The maximum atomic E-state index is 9.82. The number of benzene rings is 1. The lowest BCUT2D eigenvalue weighted by Crippen LogP contribution is -2.45. The molecule has 2 rings (SSSR count). The molecule has 0 aromatic heterocycles. The summed E-state index contributed by atoms with van der Waals surface area (Å²) in [6.07, 6.45) is 0.891. The van der Waals surface area contributed by atoms with Gasteiger partial charge in [0.25, 0.3) is 0 Å². The second-order valence-electron chi connectivity index (χ2n) is 5.93. The van der Waals surface area contributed by atoms with E-state index < -0.39 is 5.54 Å². The molecule has 0 amide bonds. The summed E-state index contributed by atoms with van der Waals surface area (Å²) in [6.45, 7) is 5.10. The molecule has 5 nitrogen and oxygen atoms in total. The molecule has 21 heavy (non-hydrogen) atoms. The zero-order valence-corrected chi connectivity index (χ0v) is 13.2. The highest BCUT2D eigenvalue weighted by molar-refractivity contribution is 5.45. The van der Waals surface area contributed by atoms with E-state index in [2.05, 4.69) is 10.2 Å². The normalized spacial score (nSPS) is 17.4. The van der Waals surface area contributed by atoms with Crippen LogP contribution in [0.2, 0.25) is 0 Å². The van der Waals surface area contributed by atoms with E-state index in [0.29, 0.717) is 13.2 Å². The minimum atomic E-state index is -0.485. The quantitative estimate of drug-likeness (QED) is 0.826. The summed E-state index contributed by atoms with van der Waals surface area (Å²) in [6, 6.07) is 5.89. The Kier molecular flexibility index (Phi) is 5.45. The number of hydrogen-bond donors (Lipinski definition) is 2. The van der Waals surface area contributed by atoms with E-state index in [1.807, 2.05) is 39.2 Å². The van der Waals surface area contributed by atoms with E-state index in [1.54, 1.807) is 0 Å². The first kappa shape index (κ1) is 16.1. The second-order valence-corrected chi connectivity index (χ2v) is 5.93. The Morgan fingerprint density at radius 3 is 2.62 bits per heavy atom. The van der Waals surface area contributed by atoms with Crippen LogP contribution < -0.4 is 14.8 Å². The molecule has 1 unspecified atom stereocenters. The van der Waals surface area contributed by atoms with Crippen molar-refractivity contribution in [2.24, 2.45) is 0 Å². The lowest BCUT2D eigenvalue weighted by atomic mass is 9.92. The van der Waals surface area contributed by atoms with Crippen LogP contribution in [0.3, 0.4) is 0 Å². The highest BCUT2D eigenvalue weighted by Gasteiger charge is 2.26. The average Bonchev–Trinajstić information content (AvgIpc) is 2.71. The van der Waals surface area contributed by atoms with Gasteiger partial charge in [-0.1, -0.05) is 6.07 Å². The predicted octanol–water partition coefficient (Wildman–Crippen LogP) is 1.21. The molecule has 0 fully saturated rings. The lowest BCUT2D eigenvalue weighted by molar-refractivity contribution is 0.171. The zero-order chi connectivity index (χ0) is 15.3. The van der Waals surface area contributed by atoms with Crippen LogP contribution in [-0.2, 0) is 5.54 Å². The third-order valence-electron chi connectivity index (χ3n) is 3.78. The van der Waals surface area contributed by atoms with E-state index in [9.17, 15) is 5.11 Å². The fourth-order valence-electron chi connectivity index (χ4n) is 2.31. The van der Waals surface area contributed by atoms with Gasteiger partial charge in [0.15, 0.2) is 11.5 Å². The lowest BCUT2D eigenvalue weighted by Gasteiger charge is -2.30. The number of fused-ring (bicyclic) bond motifs is 1. The molecule has 0 saturated carbocycles. The van der Waals surface area contributed by atoms with Crippen molar-refractivity contribution in [2.45, 2.75) is 18.9 Å². The summed E-state index contributed by atoms with van der Waals surface area (Å²) in [5.74, 6) is 1.55. The highest BCUT2D eigenvalue weighted by Crippen LogP contribution is 2.33.